The van der Waals surface area contributed by atoms with Gasteiger partial charge in [0.05, 0.1) is 6.61 Å². The number of nitrogens with one attached hydrogen (secondary N) is 1. The molecule has 2 atom stereocenters. The first-order valence-electron chi connectivity index (χ1n) is 7.69. The second-order valence-electron chi connectivity index (χ2n) is 5.60. The van der Waals surface area contributed by atoms with E-state index < -0.39 is 0 Å². The number of aromatic nitrogens is 1. The molecule has 21 heavy (non-hydrogen) atoms. The van der Waals surface area contributed by atoms with Crippen LogP contribution >= 0.6 is 0 Å². The zero-order valence-corrected chi connectivity index (χ0v) is 12.7. The lowest BCUT2D eigenvalue weighted by molar-refractivity contribution is 0.356. The van der Waals surface area contributed by atoms with Crippen LogP contribution in [-0.2, 0) is 6.42 Å². The number of hydrogen-bond donors (Lipinski definition) is 1. The molecule has 2 aromatic rings. The summed E-state index contributed by atoms with van der Waals surface area (Å²) in [7, 11) is 0. The van der Waals surface area contributed by atoms with E-state index in [1.807, 2.05) is 12.4 Å². The molecule has 0 spiro atoms. The van der Waals surface area contributed by atoms with Crippen LogP contribution in [0.25, 0.3) is 0 Å². The van der Waals surface area contributed by atoms with E-state index in [9.17, 15) is 0 Å². The van der Waals surface area contributed by atoms with Crippen molar-refractivity contribution in [1.29, 1.82) is 0 Å². The van der Waals surface area contributed by atoms with E-state index in [2.05, 4.69) is 54.5 Å². The predicted molar refractivity (Wildman–Crippen MR) is 84.5 cm³/mol. The maximum absolute atomic E-state index is 5.59. The molecular formula is C18H22N2O. The van der Waals surface area contributed by atoms with Crippen molar-refractivity contribution in [3.05, 3.63) is 59.4 Å². The van der Waals surface area contributed by atoms with Gasteiger partial charge in [-0.3, -0.25) is 4.98 Å². The molecule has 3 heteroatoms. The van der Waals surface area contributed by atoms with Crippen molar-refractivity contribution in [3.8, 4) is 5.75 Å². The van der Waals surface area contributed by atoms with Crippen LogP contribution in [-0.4, -0.2) is 11.6 Å². The Hall–Kier alpha value is -1.87. The summed E-state index contributed by atoms with van der Waals surface area (Å²) in [5.74, 6) is 1.05. The Kier molecular flexibility index (Phi) is 4.20. The van der Waals surface area contributed by atoms with E-state index in [1.54, 1.807) is 0 Å². The van der Waals surface area contributed by atoms with Crippen LogP contribution in [0.5, 0.6) is 5.75 Å². The first kappa shape index (κ1) is 14.1. The lowest BCUT2D eigenvalue weighted by Crippen LogP contribution is -2.24. The van der Waals surface area contributed by atoms with Crippen molar-refractivity contribution in [3.63, 3.8) is 0 Å². The van der Waals surface area contributed by atoms with Gasteiger partial charge in [0.15, 0.2) is 0 Å². The number of benzene rings is 1. The molecule has 1 unspecified atom stereocenters. The molecule has 1 N–H and O–H groups in total. The summed E-state index contributed by atoms with van der Waals surface area (Å²) in [4.78, 5) is 4.08. The number of ether oxygens (including phenoxy) is 1. The summed E-state index contributed by atoms with van der Waals surface area (Å²) in [5.41, 5.74) is 3.96. The van der Waals surface area contributed by atoms with Gasteiger partial charge in [-0.1, -0.05) is 19.1 Å². The maximum Gasteiger partial charge on any atom is 0.122 e. The fourth-order valence-corrected chi connectivity index (χ4v) is 2.92. The van der Waals surface area contributed by atoms with Crippen LogP contribution in [0, 0.1) is 0 Å². The minimum atomic E-state index is 0.308. The first-order chi connectivity index (χ1) is 10.3. The Labute approximate surface area is 126 Å². The standard InChI is InChI=1S/C18H22N2O/c1-3-17(20-13(2)14-6-9-19-10-7-14)15-4-5-18-16(12-15)8-11-21-18/h4-7,9-10,12-13,17,20H,3,8,11H2,1-2H3/t13-,17?/m0/s1. The fourth-order valence-electron chi connectivity index (χ4n) is 2.92. The smallest absolute Gasteiger partial charge is 0.122 e. The monoisotopic (exact) mass is 282 g/mol. The highest BCUT2D eigenvalue weighted by Gasteiger charge is 2.17. The zero-order chi connectivity index (χ0) is 14.7. The average Bonchev–Trinajstić information content (AvgIpc) is 3.00. The molecule has 1 aromatic carbocycles. The Morgan fingerprint density at radius 3 is 2.76 bits per heavy atom. The second-order valence-corrected chi connectivity index (χ2v) is 5.60. The van der Waals surface area contributed by atoms with Crippen LogP contribution in [0.3, 0.4) is 0 Å². The normalized spacial score (nSPS) is 16.1. The third-order valence-corrected chi connectivity index (χ3v) is 4.18. The molecule has 2 heterocycles. The number of hydrogen-bond acceptors (Lipinski definition) is 3. The highest BCUT2D eigenvalue weighted by Crippen LogP contribution is 2.30. The van der Waals surface area contributed by atoms with Gasteiger partial charge in [-0.25, -0.2) is 0 Å². The van der Waals surface area contributed by atoms with Gasteiger partial charge >= 0.3 is 0 Å². The predicted octanol–water partition coefficient (Wildman–Crippen LogP) is 3.82. The van der Waals surface area contributed by atoms with Gasteiger partial charge in [-0.05, 0) is 48.2 Å². The van der Waals surface area contributed by atoms with Crippen molar-refractivity contribution in [2.75, 3.05) is 6.61 Å². The van der Waals surface area contributed by atoms with Gasteiger partial charge in [0.1, 0.15) is 5.75 Å². The molecule has 0 amide bonds. The van der Waals surface area contributed by atoms with Crippen molar-refractivity contribution in [2.45, 2.75) is 38.8 Å². The molecule has 1 aromatic heterocycles. The molecule has 0 radical (unpaired) electrons. The third kappa shape index (κ3) is 3.08. The summed E-state index contributed by atoms with van der Waals surface area (Å²) < 4.78 is 5.59. The minimum absolute atomic E-state index is 0.308. The minimum Gasteiger partial charge on any atom is -0.493 e. The van der Waals surface area contributed by atoms with Crippen LogP contribution in [0.1, 0.15) is 49.0 Å². The van der Waals surface area contributed by atoms with E-state index in [1.165, 1.54) is 16.7 Å². The van der Waals surface area contributed by atoms with Crippen molar-refractivity contribution >= 4 is 0 Å². The molecule has 3 rings (SSSR count). The van der Waals surface area contributed by atoms with E-state index >= 15 is 0 Å². The summed E-state index contributed by atoms with van der Waals surface area (Å²) >= 11 is 0. The number of fused-ring (bicyclic) bond motifs is 1. The molecule has 0 saturated carbocycles. The molecule has 110 valence electrons. The highest BCUT2D eigenvalue weighted by molar-refractivity contribution is 5.40. The molecule has 0 saturated heterocycles. The molecule has 0 fully saturated rings. The molecule has 1 aliphatic rings. The van der Waals surface area contributed by atoms with E-state index in [-0.39, 0.29) is 0 Å². The topological polar surface area (TPSA) is 34.2 Å². The number of rotatable bonds is 5. The third-order valence-electron chi connectivity index (χ3n) is 4.18. The Bertz CT molecular complexity index is 597. The van der Waals surface area contributed by atoms with Crippen molar-refractivity contribution < 1.29 is 4.74 Å². The van der Waals surface area contributed by atoms with Crippen molar-refractivity contribution in [2.24, 2.45) is 0 Å². The molecule has 0 bridgehead atoms. The quantitative estimate of drug-likeness (QED) is 0.905. The van der Waals surface area contributed by atoms with Gasteiger partial charge < -0.3 is 10.1 Å². The van der Waals surface area contributed by atoms with Crippen molar-refractivity contribution in [1.82, 2.24) is 10.3 Å². The molecule has 1 aliphatic heterocycles. The lowest BCUT2D eigenvalue weighted by Gasteiger charge is -2.23. The van der Waals surface area contributed by atoms with Gasteiger partial charge in [-0.15, -0.1) is 0 Å². The number of pyridine rings is 1. The van der Waals surface area contributed by atoms with Gasteiger partial charge in [0, 0.05) is 30.9 Å². The Balaban J connectivity index is 1.76. The lowest BCUT2D eigenvalue weighted by atomic mass is 9.99. The molecule has 3 nitrogen and oxygen atoms in total. The van der Waals surface area contributed by atoms with Crippen LogP contribution in [0.4, 0.5) is 0 Å². The summed E-state index contributed by atoms with van der Waals surface area (Å²) in [6, 6.07) is 11.4. The van der Waals surface area contributed by atoms with Crippen LogP contribution < -0.4 is 10.1 Å². The van der Waals surface area contributed by atoms with Gasteiger partial charge in [-0.2, -0.15) is 0 Å². The Morgan fingerprint density at radius 1 is 1.19 bits per heavy atom. The zero-order valence-electron chi connectivity index (χ0n) is 12.7. The summed E-state index contributed by atoms with van der Waals surface area (Å²) in [6.45, 7) is 5.24. The Morgan fingerprint density at radius 2 is 2.00 bits per heavy atom. The maximum atomic E-state index is 5.59. The van der Waals surface area contributed by atoms with E-state index in [0.717, 1.165) is 25.2 Å². The summed E-state index contributed by atoms with van der Waals surface area (Å²) in [5, 5.41) is 3.72. The highest BCUT2D eigenvalue weighted by atomic mass is 16.5. The second kappa shape index (κ2) is 6.27. The first-order valence-corrected chi connectivity index (χ1v) is 7.69. The number of nitrogens with zero attached hydrogens (tertiary/aromatic N) is 1. The largest absolute Gasteiger partial charge is 0.493 e. The van der Waals surface area contributed by atoms with E-state index in [0.29, 0.717) is 12.1 Å². The van der Waals surface area contributed by atoms with Crippen LogP contribution in [0.15, 0.2) is 42.7 Å². The molecule has 0 aliphatic carbocycles. The van der Waals surface area contributed by atoms with Gasteiger partial charge in [0.2, 0.25) is 0 Å². The van der Waals surface area contributed by atoms with Gasteiger partial charge in [0.25, 0.3) is 0 Å². The van der Waals surface area contributed by atoms with E-state index in [4.69, 9.17) is 4.74 Å². The fraction of sp³-hybridized carbons (Fsp3) is 0.389. The summed E-state index contributed by atoms with van der Waals surface area (Å²) in [6.07, 6.45) is 5.79. The molecular weight excluding hydrogens is 260 g/mol. The average molecular weight is 282 g/mol. The SMILES string of the molecule is CCC(N[C@@H](C)c1ccncc1)c1ccc2c(c1)CCO2. The van der Waals surface area contributed by atoms with Crippen LogP contribution in [0.2, 0.25) is 0 Å².